The van der Waals surface area contributed by atoms with Crippen molar-refractivity contribution in [2.24, 2.45) is 0 Å². The van der Waals surface area contributed by atoms with E-state index >= 15 is 0 Å². The van der Waals surface area contributed by atoms with Gasteiger partial charge in [0.2, 0.25) is 0 Å². The monoisotopic (exact) mass is 446 g/mol. The fourth-order valence-electron chi connectivity index (χ4n) is 4.42. The normalized spacial score (nSPS) is 23.6. The second-order valence-electron chi connectivity index (χ2n) is 9.42. The van der Waals surface area contributed by atoms with Gasteiger partial charge in [0, 0.05) is 6.61 Å². The molecule has 0 unspecified atom stereocenters. The number of rotatable bonds is 3. The van der Waals surface area contributed by atoms with Crippen molar-refractivity contribution in [2.45, 2.75) is 83.0 Å². The molecule has 0 bridgehead atoms. The van der Waals surface area contributed by atoms with Crippen molar-refractivity contribution in [2.75, 3.05) is 6.61 Å². The third-order valence-electron chi connectivity index (χ3n) is 5.95. The molecule has 0 atom stereocenters. The second-order valence-corrected chi connectivity index (χ2v) is 10.1. The van der Waals surface area contributed by atoms with E-state index in [1.165, 1.54) is 0 Å². The van der Waals surface area contributed by atoms with Crippen LogP contribution in [-0.4, -0.2) is 44.1 Å². The average molecular weight is 447 g/mol. The lowest BCUT2D eigenvalue weighted by Gasteiger charge is -2.36. The molecular formula is C23H31ClN4O3. The van der Waals surface area contributed by atoms with Crippen LogP contribution in [0.4, 0.5) is 4.79 Å². The summed E-state index contributed by atoms with van der Waals surface area (Å²) in [6.07, 6.45) is 5.26. The van der Waals surface area contributed by atoms with Crippen LogP contribution in [0.15, 0.2) is 24.5 Å². The van der Waals surface area contributed by atoms with Gasteiger partial charge in [0.15, 0.2) is 5.82 Å². The van der Waals surface area contributed by atoms with E-state index in [0.717, 1.165) is 49.1 Å². The Morgan fingerprint density at radius 3 is 2.68 bits per heavy atom. The van der Waals surface area contributed by atoms with Crippen molar-refractivity contribution in [3.63, 3.8) is 0 Å². The fourth-order valence-corrected chi connectivity index (χ4v) is 4.76. The summed E-state index contributed by atoms with van der Waals surface area (Å²) < 4.78 is 13.4. The molecule has 0 spiro atoms. The molecule has 31 heavy (non-hydrogen) atoms. The molecular weight excluding hydrogens is 416 g/mol. The molecule has 2 aromatic rings. The highest BCUT2D eigenvalue weighted by Gasteiger charge is 2.36. The number of carbonyl (C=O) groups is 1. The third-order valence-corrected chi connectivity index (χ3v) is 6.54. The van der Waals surface area contributed by atoms with Crippen LogP contribution in [0, 0.1) is 0 Å². The Labute approximate surface area is 188 Å². The maximum atomic E-state index is 12.9. The van der Waals surface area contributed by atoms with Crippen LogP contribution in [0.25, 0.3) is 5.69 Å². The number of hydrogen-bond acceptors (Lipinski definition) is 5. The first-order chi connectivity index (χ1) is 14.7. The predicted molar refractivity (Wildman–Crippen MR) is 118 cm³/mol. The molecule has 7 nitrogen and oxygen atoms in total. The Hall–Kier alpha value is -2.12. The molecule has 1 aromatic heterocycles. The SMILES string of the molecule is CCOC1CCC(Cl)(c2ccc3c(c2)CN(C(=O)OC(C)(C)C)Cc2nncn2-3)CC1. The van der Waals surface area contributed by atoms with E-state index in [4.69, 9.17) is 21.1 Å². The summed E-state index contributed by atoms with van der Waals surface area (Å²) in [5.74, 6) is 0.704. The highest BCUT2D eigenvalue weighted by molar-refractivity contribution is 6.24. The standard InChI is InChI=1S/C23H31ClN4O3/c1-5-30-18-8-10-23(24,11-9-18)17-6-7-19-16(12-17)13-27(21(29)31-22(2,3)4)14-20-26-25-15-28(19)20/h6-7,12,15,18H,5,8-11,13-14H2,1-4H3. The molecule has 168 valence electrons. The number of nitrogens with zero attached hydrogens (tertiary/aromatic N) is 4. The zero-order chi connectivity index (χ0) is 22.2. The lowest BCUT2D eigenvalue weighted by atomic mass is 9.81. The van der Waals surface area contributed by atoms with Crippen molar-refractivity contribution >= 4 is 17.7 Å². The summed E-state index contributed by atoms with van der Waals surface area (Å²) >= 11 is 7.12. The minimum atomic E-state index is -0.568. The summed E-state index contributed by atoms with van der Waals surface area (Å²) in [7, 11) is 0. The molecule has 1 amide bonds. The van der Waals surface area contributed by atoms with Gasteiger partial charge >= 0.3 is 6.09 Å². The van der Waals surface area contributed by atoms with Crippen molar-refractivity contribution in [1.29, 1.82) is 0 Å². The molecule has 1 aromatic carbocycles. The number of benzene rings is 1. The second kappa shape index (κ2) is 8.43. The summed E-state index contributed by atoms with van der Waals surface area (Å²) in [4.78, 5) is 14.1. The highest BCUT2D eigenvalue weighted by atomic mass is 35.5. The maximum Gasteiger partial charge on any atom is 0.411 e. The lowest BCUT2D eigenvalue weighted by Crippen LogP contribution is -2.36. The summed E-state index contributed by atoms with van der Waals surface area (Å²) in [5.41, 5.74) is 2.50. The zero-order valence-corrected chi connectivity index (χ0v) is 19.5. The number of hydrogen-bond donors (Lipinski definition) is 0. The van der Waals surface area contributed by atoms with Gasteiger partial charge in [-0.3, -0.25) is 9.47 Å². The van der Waals surface area contributed by atoms with E-state index in [0.29, 0.717) is 25.0 Å². The first-order valence-corrected chi connectivity index (χ1v) is 11.4. The van der Waals surface area contributed by atoms with Crippen LogP contribution < -0.4 is 0 Å². The van der Waals surface area contributed by atoms with Gasteiger partial charge in [-0.15, -0.1) is 21.8 Å². The van der Waals surface area contributed by atoms with Crippen molar-refractivity contribution in [3.05, 3.63) is 41.5 Å². The maximum absolute atomic E-state index is 12.9. The molecule has 1 saturated carbocycles. The third kappa shape index (κ3) is 4.72. The number of alkyl halides is 1. The van der Waals surface area contributed by atoms with E-state index in [1.54, 1.807) is 11.2 Å². The largest absolute Gasteiger partial charge is 0.444 e. The summed E-state index contributed by atoms with van der Waals surface area (Å²) in [6.45, 7) is 9.13. The minimum absolute atomic E-state index is 0.292. The summed E-state index contributed by atoms with van der Waals surface area (Å²) in [6, 6.07) is 6.30. The summed E-state index contributed by atoms with van der Waals surface area (Å²) in [5, 5.41) is 8.28. The number of amides is 1. The molecule has 0 radical (unpaired) electrons. The van der Waals surface area contributed by atoms with Crippen LogP contribution >= 0.6 is 11.6 Å². The molecule has 1 fully saturated rings. The highest BCUT2D eigenvalue weighted by Crippen LogP contribution is 2.44. The van der Waals surface area contributed by atoms with Gasteiger partial charge in [0.25, 0.3) is 0 Å². The predicted octanol–water partition coefficient (Wildman–Crippen LogP) is 4.93. The number of carbonyl (C=O) groups excluding carboxylic acids is 1. The van der Waals surface area contributed by atoms with Crippen LogP contribution in [0.1, 0.15) is 70.3 Å². The van der Waals surface area contributed by atoms with Crippen LogP contribution in [0.3, 0.4) is 0 Å². The van der Waals surface area contributed by atoms with Crippen LogP contribution in [0.5, 0.6) is 0 Å². The first-order valence-electron chi connectivity index (χ1n) is 11.0. The van der Waals surface area contributed by atoms with E-state index in [2.05, 4.69) is 28.4 Å². The van der Waals surface area contributed by atoms with E-state index in [9.17, 15) is 4.79 Å². The van der Waals surface area contributed by atoms with Gasteiger partial charge in [-0.05, 0) is 70.6 Å². The molecule has 2 heterocycles. The lowest BCUT2D eigenvalue weighted by molar-refractivity contribution is 0.0214. The zero-order valence-electron chi connectivity index (χ0n) is 18.7. The number of fused-ring (bicyclic) bond motifs is 3. The molecule has 8 heteroatoms. The Morgan fingerprint density at radius 2 is 2.00 bits per heavy atom. The van der Waals surface area contributed by atoms with Gasteiger partial charge in [-0.25, -0.2) is 4.79 Å². The topological polar surface area (TPSA) is 69.5 Å². The molecule has 4 rings (SSSR count). The van der Waals surface area contributed by atoms with Gasteiger partial charge < -0.3 is 9.47 Å². The smallest absolute Gasteiger partial charge is 0.411 e. The number of halogens is 1. The fraction of sp³-hybridized carbons (Fsp3) is 0.609. The van der Waals surface area contributed by atoms with Gasteiger partial charge in [0.05, 0.1) is 29.8 Å². The van der Waals surface area contributed by atoms with Crippen LogP contribution in [0.2, 0.25) is 0 Å². The van der Waals surface area contributed by atoms with Gasteiger partial charge in [0.1, 0.15) is 11.9 Å². The Morgan fingerprint density at radius 1 is 1.26 bits per heavy atom. The number of ether oxygens (including phenoxy) is 2. The molecule has 1 aliphatic heterocycles. The Kier molecular flexibility index (Phi) is 6.01. The van der Waals surface area contributed by atoms with Gasteiger partial charge in [-0.1, -0.05) is 12.1 Å². The quantitative estimate of drug-likeness (QED) is 0.625. The van der Waals surface area contributed by atoms with E-state index in [1.807, 2.05) is 32.3 Å². The van der Waals surface area contributed by atoms with Crippen molar-refractivity contribution in [1.82, 2.24) is 19.7 Å². The number of aromatic nitrogens is 3. The Bertz CT molecular complexity index is 945. The van der Waals surface area contributed by atoms with Crippen molar-refractivity contribution in [3.8, 4) is 5.69 Å². The minimum Gasteiger partial charge on any atom is -0.444 e. The van der Waals surface area contributed by atoms with E-state index in [-0.39, 0.29) is 6.09 Å². The Balaban J connectivity index is 1.64. The average Bonchev–Trinajstić information content (AvgIpc) is 3.10. The van der Waals surface area contributed by atoms with Crippen LogP contribution in [-0.2, 0) is 27.4 Å². The molecule has 0 saturated heterocycles. The molecule has 0 N–H and O–H groups in total. The van der Waals surface area contributed by atoms with E-state index < -0.39 is 10.5 Å². The first kappa shape index (κ1) is 22.1. The van der Waals surface area contributed by atoms with Gasteiger partial charge in [-0.2, -0.15) is 0 Å². The molecule has 1 aliphatic carbocycles. The molecule has 2 aliphatic rings. The van der Waals surface area contributed by atoms with Crippen molar-refractivity contribution < 1.29 is 14.3 Å².